The van der Waals surface area contributed by atoms with Crippen LogP contribution in [0, 0.1) is 20.2 Å². The molecule has 0 heterocycles. The third-order valence-electron chi connectivity index (χ3n) is 5.15. The van der Waals surface area contributed by atoms with Crippen LogP contribution in [0.2, 0.25) is 0 Å². The SMILES string of the molecule is O=N[N+](CCc1ccccc1)(CCc1ccccc1)CCc1ccccc1.O=[N+]([O-])[O-]. The molecule has 0 unspecified atom stereocenters. The normalized spacial score (nSPS) is 10.6. The lowest BCUT2D eigenvalue weighted by Gasteiger charge is -2.29. The van der Waals surface area contributed by atoms with E-state index in [1.165, 1.54) is 16.7 Å². The molecule has 0 spiro atoms. The van der Waals surface area contributed by atoms with Crippen LogP contribution in [0.3, 0.4) is 0 Å². The Balaban J connectivity index is 0.000000785. The quantitative estimate of drug-likeness (QED) is 0.200. The van der Waals surface area contributed by atoms with Crippen molar-refractivity contribution in [2.24, 2.45) is 5.29 Å². The van der Waals surface area contributed by atoms with Crippen LogP contribution in [-0.4, -0.2) is 29.3 Å². The zero-order valence-corrected chi connectivity index (χ0v) is 17.4. The number of nitrogens with zero attached hydrogens (tertiary/aromatic N) is 3. The predicted octanol–water partition coefficient (Wildman–Crippen LogP) is 4.97. The average molecular weight is 421 g/mol. The summed E-state index contributed by atoms with van der Waals surface area (Å²) in [4.78, 5) is 20.3. The van der Waals surface area contributed by atoms with E-state index >= 15 is 0 Å². The van der Waals surface area contributed by atoms with Crippen molar-refractivity contribution in [2.45, 2.75) is 19.3 Å². The molecule has 3 aromatic carbocycles. The van der Waals surface area contributed by atoms with Crippen LogP contribution in [0.4, 0.5) is 0 Å². The van der Waals surface area contributed by atoms with Gasteiger partial charge in [-0.3, -0.25) is 0 Å². The van der Waals surface area contributed by atoms with Gasteiger partial charge in [0.1, 0.15) is 19.6 Å². The van der Waals surface area contributed by atoms with E-state index in [0.29, 0.717) is 0 Å². The second-order valence-corrected chi connectivity index (χ2v) is 7.28. The van der Waals surface area contributed by atoms with Gasteiger partial charge in [-0.2, -0.15) is 4.59 Å². The summed E-state index contributed by atoms with van der Waals surface area (Å²) < 4.78 is 0.249. The summed E-state index contributed by atoms with van der Waals surface area (Å²) in [6, 6.07) is 31.1. The van der Waals surface area contributed by atoms with E-state index in [2.05, 4.69) is 41.7 Å². The number of rotatable bonds is 10. The Hall–Kier alpha value is -3.58. The van der Waals surface area contributed by atoms with Crippen molar-refractivity contribution in [2.75, 3.05) is 19.6 Å². The van der Waals surface area contributed by atoms with Crippen molar-refractivity contribution in [3.05, 3.63) is 128 Å². The maximum Gasteiger partial charge on any atom is 0.153 e. The molecule has 7 nitrogen and oxygen atoms in total. The Bertz CT molecular complexity index is 796. The summed E-state index contributed by atoms with van der Waals surface area (Å²) in [5.41, 5.74) is 3.76. The Labute approximate surface area is 182 Å². The largest absolute Gasteiger partial charge is 0.356 e. The minimum Gasteiger partial charge on any atom is -0.356 e. The summed E-state index contributed by atoms with van der Waals surface area (Å²) in [6.07, 6.45) is 2.57. The number of benzene rings is 3. The molecule has 0 saturated carbocycles. The van der Waals surface area contributed by atoms with Gasteiger partial charge in [0.05, 0.1) is 5.09 Å². The van der Waals surface area contributed by atoms with Gasteiger partial charge in [-0.1, -0.05) is 95.9 Å². The van der Waals surface area contributed by atoms with Gasteiger partial charge in [-0.25, -0.2) is 0 Å². The first kappa shape index (κ1) is 23.7. The van der Waals surface area contributed by atoms with Crippen LogP contribution in [0.15, 0.2) is 96.3 Å². The Kier molecular flexibility index (Phi) is 9.84. The lowest BCUT2D eigenvalue weighted by molar-refractivity contribution is -0.935. The Morgan fingerprint density at radius 2 is 0.871 bits per heavy atom. The molecule has 0 radical (unpaired) electrons. The number of hydrogen-bond donors (Lipinski definition) is 0. The van der Waals surface area contributed by atoms with Crippen molar-refractivity contribution >= 4 is 0 Å². The van der Waals surface area contributed by atoms with Crippen molar-refractivity contribution < 1.29 is 9.68 Å². The molecule has 0 aliphatic carbocycles. The molecule has 0 aliphatic rings. The van der Waals surface area contributed by atoms with Crippen molar-refractivity contribution in [1.29, 1.82) is 0 Å². The van der Waals surface area contributed by atoms with E-state index in [-0.39, 0.29) is 4.59 Å². The molecule has 0 aromatic heterocycles. The summed E-state index contributed by atoms with van der Waals surface area (Å²) in [7, 11) is 0. The molecule has 31 heavy (non-hydrogen) atoms. The van der Waals surface area contributed by atoms with Crippen LogP contribution in [0.25, 0.3) is 0 Å². The van der Waals surface area contributed by atoms with E-state index in [1.807, 2.05) is 54.6 Å². The fourth-order valence-corrected chi connectivity index (χ4v) is 3.40. The highest BCUT2D eigenvalue weighted by molar-refractivity contribution is 5.16. The highest BCUT2D eigenvalue weighted by Crippen LogP contribution is 2.16. The molecule has 162 valence electrons. The molecule has 0 atom stereocenters. The molecule has 3 rings (SSSR count). The monoisotopic (exact) mass is 421 g/mol. The first-order valence-corrected chi connectivity index (χ1v) is 10.2. The van der Waals surface area contributed by atoms with Gasteiger partial charge in [0.15, 0.2) is 5.29 Å². The summed E-state index contributed by atoms with van der Waals surface area (Å²) in [6.45, 7) is 2.19. The fourth-order valence-electron chi connectivity index (χ4n) is 3.40. The Morgan fingerprint density at radius 3 is 1.10 bits per heavy atom. The molecule has 7 heteroatoms. The number of nitroso groups, excluding NO2 is 1. The van der Waals surface area contributed by atoms with Gasteiger partial charge in [-0.05, 0) is 16.7 Å². The van der Waals surface area contributed by atoms with Gasteiger partial charge in [0.25, 0.3) is 0 Å². The lowest BCUT2D eigenvalue weighted by Crippen LogP contribution is -2.47. The summed E-state index contributed by atoms with van der Waals surface area (Å²) >= 11 is 0. The van der Waals surface area contributed by atoms with E-state index in [1.54, 1.807) is 0 Å². The number of hydrogen-bond acceptors (Lipinski definition) is 5. The highest BCUT2D eigenvalue weighted by Gasteiger charge is 2.29. The van der Waals surface area contributed by atoms with Crippen molar-refractivity contribution in [3.63, 3.8) is 0 Å². The molecule has 0 amide bonds. The van der Waals surface area contributed by atoms with E-state index < -0.39 is 5.09 Å². The summed E-state index contributed by atoms with van der Waals surface area (Å²) in [5.74, 6) is 0. The van der Waals surface area contributed by atoms with Gasteiger partial charge in [0.2, 0.25) is 0 Å². The zero-order valence-electron chi connectivity index (χ0n) is 17.4. The molecule has 0 bridgehead atoms. The minimum absolute atomic E-state index is 0.249. The number of quaternary nitrogens is 1. The first-order chi connectivity index (χ1) is 15.0. The molecule has 3 aromatic rings. The first-order valence-electron chi connectivity index (χ1n) is 10.2. The smallest absolute Gasteiger partial charge is 0.153 e. The molecule has 0 fully saturated rings. The average Bonchev–Trinajstić information content (AvgIpc) is 2.81. The maximum atomic E-state index is 12.0. The molecule has 0 aliphatic heterocycles. The maximum absolute atomic E-state index is 12.0. The van der Waals surface area contributed by atoms with Crippen LogP contribution < -0.4 is 0 Å². The molecular formula is C24H27N3O4. The molecular weight excluding hydrogens is 394 g/mol. The topological polar surface area (TPSA) is 95.6 Å². The van der Waals surface area contributed by atoms with Crippen molar-refractivity contribution in [3.8, 4) is 0 Å². The van der Waals surface area contributed by atoms with Crippen LogP contribution in [0.5, 0.6) is 0 Å². The van der Waals surface area contributed by atoms with E-state index in [9.17, 15) is 4.91 Å². The van der Waals surface area contributed by atoms with Gasteiger partial charge in [0, 0.05) is 19.3 Å². The van der Waals surface area contributed by atoms with E-state index in [4.69, 9.17) is 15.3 Å². The molecule has 0 saturated heterocycles. The third-order valence-corrected chi connectivity index (χ3v) is 5.15. The second-order valence-electron chi connectivity index (χ2n) is 7.28. The van der Waals surface area contributed by atoms with Crippen LogP contribution >= 0.6 is 0 Å². The second kappa shape index (κ2) is 12.9. The van der Waals surface area contributed by atoms with Gasteiger partial charge >= 0.3 is 0 Å². The molecule has 0 N–H and O–H groups in total. The lowest BCUT2D eigenvalue weighted by atomic mass is 10.1. The Morgan fingerprint density at radius 1 is 0.613 bits per heavy atom. The third kappa shape index (κ3) is 9.18. The van der Waals surface area contributed by atoms with Crippen molar-refractivity contribution in [1.82, 2.24) is 0 Å². The standard InChI is InChI=1S/C24H27N2O.NO3/c27-25-26(19-16-22-10-4-1-5-11-22,20-17-23-12-6-2-7-13-23)21-18-24-14-8-3-9-15-24;2-1(3)4/h1-15H,16-21H2;/q+1;-1. The predicted molar refractivity (Wildman–Crippen MR) is 121 cm³/mol. The fraction of sp³-hybridized carbons (Fsp3) is 0.250. The highest BCUT2D eigenvalue weighted by atomic mass is 16.9. The van der Waals surface area contributed by atoms with Crippen LogP contribution in [0.1, 0.15) is 16.7 Å². The minimum atomic E-state index is -1.75. The zero-order chi connectivity index (χ0) is 22.4. The van der Waals surface area contributed by atoms with Crippen LogP contribution in [-0.2, 0) is 19.3 Å². The summed E-state index contributed by atoms with van der Waals surface area (Å²) in [5, 5.41) is 18.4. The van der Waals surface area contributed by atoms with Gasteiger partial charge in [-0.15, -0.1) is 0 Å². The van der Waals surface area contributed by atoms with Gasteiger partial charge < -0.3 is 15.3 Å². The van der Waals surface area contributed by atoms with E-state index in [0.717, 1.165) is 38.9 Å².